The number of hydrogen-bond donors (Lipinski definition) is 2. The lowest BCUT2D eigenvalue weighted by molar-refractivity contribution is -0.142. The number of carboxylic acid groups (broad SMARTS) is 1. The number of aromatic nitrogens is 1. The molecular weight excluding hydrogens is 327 g/mol. The normalized spacial score (nSPS) is 12.2. The van der Waals surface area contributed by atoms with Crippen LogP contribution in [-0.2, 0) is 16.0 Å². The number of aliphatic carboxylic acids is 1. The first kappa shape index (κ1) is 18.6. The molecular formula is C18H21FN2O4. The van der Waals surface area contributed by atoms with Crippen molar-refractivity contribution in [1.29, 1.82) is 0 Å². The molecule has 0 radical (unpaired) electrons. The summed E-state index contributed by atoms with van der Waals surface area (Å²) in [7, 11) is 0. The number of hydrogen-bond acceptors (Lipinski definition) is 4. The number of halogens is 1. The second-order valence-corrected chi connectivity index (χ2v) is 6.30. The summed E-state index contributed by atoms with van der Waals surface area (Å²) in [5.41, 5.74) is 1.03. The van der Waals surface area contributed by atoms with E-state index in [9.17, 15) is 14.0 Å². The van der Waals surface area contributed by atoms with Crippen LogP contribution in [0.1, 0.15) is 26.0 Å². The second kappa shape index (κ2) is 8.41. The highest BCUT2D eigenvalue weighted by Gasteiger charge is 2.20. The van der Waals surface area contributed by atoms with Crippen LogP contribution in [0.25, 0.3) is 11.5 Å². The molecule has 134 valence electrons. The van der Waals surface area contributed by atoms with Crippen LogP contribution < -0.4 is 5.32 Å². The molecule has 0 bridgehead atoms. The second-order valence-electron chi connectivity index (χ2n) is 6.30. The van der Waals surface area contributed by atoms with Gasteiger partial charge < -0.3 is 14.8 Å². The lowest BCUT2D eigenvalue weighted by Crippen LogP contribution is -2.34. The number of nitrogens with one attached hydrogen (secondary N) is 1. The van der Waals surface area contributed by atoms with Crippen molar-refractivity contribution < 1.29 is 23.5 Å². The van der Waals surface area contributed by atoms with E-state index in [1.807, 2.05) is 13.8 Å². The maximum Gasteiger partial charge on any atom is 0.308 e. The first-order valence-electron chi connectivity index (χ1n) is 8.05. The van der Waals surface area contributed by atoms with Crippen LogP contribution in [0.15, 0.2) is 34.9 Å². The molecule has 2 N–H and O–H groups in total. The van der Waals surface area contributed by atoms with E-state index in [0.717, 1.165) is 0 Å². The topological polar surface area (TPSA) is 92.4 Å². The molecule has 0 spiro atoms. The predicted molar refractivity (Wildman–Crippen MR) is 89.2 cm³/mol. The molecule has 1 aromatic carbocycles. The van der Waals surface area contributed by atoms with Gasteiger partial charge in [-0.1, -0.05) is 13.8 Å². The molecule has 0 aliphatic carbocycles. The number of benzene rings is 1. The highest BCUT2D eigenvalue weighted by molar-refractivity contribution is 5.79. The number of carbonyl (C=O) groups is 2. The van der Waals surface area contributed by atoms with Gasteiger partial charge in [-0.15, -0.1) is 0 Å². The van der Waals surface area contributed by atoms with Crippen LogP contribution in [0.5, 0.6) is 0 Å². The molecule has 6 nitrogen and oxygen atoms in total. The Labute approximate surface area is 145 Å². The molecule has 1 aromatic heterocycles. The SMILES string of the molecule is CC(C)CC(CNC(=O)Cc1coc(-c2ccc(F)cc2)n1)C(=O)O. The van der Waals surface area contributed by atoms with Crippen molar-refractivity contribution in [3.63, 3.8) is 0 Å². The van der Waals surface area contributed by atoms with Crippen molar-refractivity contribution in [3.8, 4) is 11.5 Å². The summed E-state index contributed by atoms with van der Waals surface area (Å²) in [4.78, 5) is 27.4. The number of amides is 1. The lowest BCUT2D eigenvalue weighted by atomic mass is 9.97. The van der Waals surface area contributed by atoms with E-state index >= 15 is 0 Å². The zero-order valence-electron chi connectivity index (χ0n) is 14.2. The van der Waals surface area contributed by atoms with E-state index in [-0.39, 0.29) is 30.6 Å². The van der Waals surface area contributed by atoms with E-state index in [1.165, 1.54) is 30.5 Å². The van der Waals surface area contributed by atoms with Crippen LogP contribution in [0.4, 0.5) is 4.39 Å². The summed E-state index contributed by atoms with van der Waals surface area (Å²) in [6.45, 7) is 3.95. The minimum Gasteiger partial charge on any atom is -0.481 e. The summed E-state index contributed by atoms with van der Waals surface area (Å²) in [5.74, 6) is -1.69. The van der Waals surface area contributed by atoms with Crippen LogP contribution in [0.2, 0.25) is 0 Å². The van der Waals surface area contributed by atoms with Gasteiger partial charge in [-0.2, -0.15) is 0 Å². The fraction of sp³-hybridized carbons (Fsp3) is 0.389. The van der Waals surface area contributed by atoms with Crippen LogP contribution in [-0.4, -0.2) is 28.5 Å². The smallest absolute Gasteiger partial charge is 0.308 e. The van der Waals surface area contributed by atoms with Gasteiger partial charge in [0.25, 0.3) is 0 Å². The molecule has 0 saturated carbocycles. The molecule has 1 atom stereocenters. The van der Waals surface area contributed by atoms with Crippen LogP contribution in [0.3, 0.4) is 0 Å². The molecule has 2 aromatic rings. The molecule has 0 fully saturated rings. The summed E-state index contributed by atoms with van der Waals surface area (Å²) < 4.78 is 18.2. The first-order chi connectivity index (χ1) is 11.8. The Balaban J connectivity index is 1.90. The fourth-order valence-electron chi connectivity index (χ4n) is 2.42. The molecule has 1 heterocycles. The predicted octanol–water partition coefficient (Wildman–Crippen LogP) is 2.89. The summed E-state index contributed by atoms with van der Waals surface area (Å²) in [6.07, 6.45) is 1.84. The van der Waals surface area contributed by atoms with Crippen LogP contribution in [0, 0.1) is 17.7 Å². The summed E-state index contributed by atoms with van der Waals surface area (Å²) >= 11 is 0. The average molecular weight is 348 g/mol. The largest absolute Gasteiger partial charge is 0.481 e. The third-order valence-electron chi connectivity index (χ3n) is 3.64. The third kappa shape index (κ3) is 5.70. The quantitative estimate of drug-likeness (QED) is 0.765. The van der Waals surface area contributed by atoms with Gasteiger partial charge in [0, 0.05) is 12.1 Å². The molecule has 1 unspecified atom stereocenters. The monoisotopic (exact) mass is 348 g/mol. The van der Waals surface area contributed by atoms with E-state index in [1.54, 1.807) is 0 Å². The third-order valence-corrected chi connectivity index (χ3v) is 3.64. The fourth-order valence-corrected chi connectivity index (χ4v) is 2.42. The first-order valence-corrected chi connectivity index (χ1v) is 8.05. The van der Waals surface area contributed by atoms with Gasteiger partial charge in [0.05, 0.1) is 18.0 Å². The van der Waals surface area contributed by atoms with Gasteiger partial charge in [-0.05, 0) is 36.6 Å². The Morgan fingerprint density at radius 2 is 1.96 bits per heavy atom. The van der Waals surface area contributed by atoms with Crippen molar-refractivity contribution in [1.82, 2.24) is 10.3 Å². The van der Waals surface area contributed by atoms with Crippen molar-refractivity contribution in [2.45, 2.75) is 26.7 Å². The number of oxazole rings is 1. The summed E-state index contributed by atoms with van der Waals surface area (Å²) in [5, 5.41) is 11.8. The van der Waals surface area contributed by atoms with Crippen molar-refractivity contribution in [2.24, 2.45) is 11.8 Å². The van der Waals surface area contributed by atoms with Gasteiger partial charge in [0.1, 0.15) is 12.1 Å². The van der Waals surface area contributed by atoms with E-state index < -0.39 is 11.9 Å². The Bertz CT molecular complexity index is 725. The average Bonchev–Trinajstić information content (AvgIpc) is 3.00. The number of carboxylic acids is 1. The molecule has 0 aliphatic heterocycles. The van der Waals surface area contributed by atoms with E-state index in [4.69, 9.17) is 9.52 Å². The van der Waals surface area contributed by atoms with Gasteiger partial charge in [0.2, 0.25) is 11.8 Å². The van der Waals surface area contributed by atoms with E-state index in [2.05, 4.69) is 10.3 Å². The van der Waals surface area contributed by atoms with E-state index in [0.29, 0.717) is 23.6 Å². The number of rotatable bonds is 8. The zero-order chi connectivity index (χ0) is 18.4. The minimum absolute atomic E-state index is 0.0152. The Morgan fingerprint density at radius 3 is 2.56 bits per heavy atom. The number of nitrogens with zero attached hydrogens (tertiary/aromatic N) is 1. The van der Waals surface area contributed by atoms with Crippen LogP contribution >= 0.6 is 0 Å². The molecule has 0 saturated heterocycles. The van der Waals surface area contributed by atoms with Gasteiger partial charge in [0.15, 0.2) is 0 Å². The Kier molecular flexibility index (Phi) is 6.27. The molecule has 25 heavy (non-hydrogen) atoms. The van der Waals surface area contributed by atoms with Crippen molar-refractivity contribution in [3.05, 3.63) is 42.0 Å². The standard InChI is InChI=1S/C18H21FN2O4/c1-11(2)7-13(18(23)24)9-20-16(22)8-15-10-25-17(21-15)12-3-5-14(19)6-4-12/h3-6,10-11,13H,7-9H2,1-2H3,(H,20,22)(H,23,24). The maximum absolute atomic E-state index is 12.9. The molecule has 1 amide bonds. The minimum atomic E-state index is -0.922. The molecule has 2 rings (SSSR count). The highest BCUT2D eigenvalue weighted by atomic mass is 19.1. The van der Waals surface area contributed by atoms with Gasteiger partial charge in [-0.25, -0.2) is 9.37 Å². The van der Waals surface area contributed by atoms with Gasteiger partial charge in [-0.3, -0.25) is 9.59 Å². The highest BCUT2D eigenvalue weighted by Crippen LogP contribution is 2.19. The van der Waals surface area contributed by atoms with Gasteiger partial charge >= 0.3 is 5.97 Å². The zero-order valence-corrected chi connectivity index (χ0v) is 14.2. The Morgan fingerprint density at radius 1 is 1.28 bits per heavy atom. The maximum atomic E-state index is 12.9. The lowest BCUT2D eigenvalue weighted by Gasteiger charge is -2.15. The van der Waals surface area contributed by atoms with Crippen molar-refractivity contribution >= 4 is 11.9 Å². The molecule has 7 heteroatoms. The molecule has 0 aliphatic rings. The van der Waals surface area contributed by atoms with Crippen molar-refractivity contribution in [2.75, 3.05) is 6.54 Å². The number of carbonyl (C=O) groups excluding carboxylic acids is 1. The Hall–Kier alpha value is -2.70. The summed E-state index contributed by atoms with van der Waals surface area (Å²) in [6, 6.07) is 5.67.